The summed E-state index contributed by atoms with van der Waals surface area (Å²) < 4.78 is 27.2. The third-order valence-electron chi connectivity index (χ3n) is 2.39. The molecule has 21 heavy (non-hydrogen) atoms. The number of thiophene rings is 2. The molecule has 0 atom stereocenters. The lowest BCUT2D eigenvalue weighted by atomic mass is 10.2. The quantitative estimate of drug-likeness (QED) is 0.800. The topological polar surface area (TPSA) is 66.4 Å². The van der Waals surface area contributed by atoms with Gasteiger partial charge in [0.1, 0.15) is 15.8 Å². The Balaban J connectivity index is 2.16. The van der Waals surface area contributed by atoms with Crippen molar-refractivity contribution in [2.24, 2.45) is 0 Å². The fraction of sp³-hybridized carbons (Fsp3) is 0.167. The Morgan fingerprint density at radius 1 is 1.38 bits per heavy atom. The Labute approximate surface area is 140 Å². The summed E-state index contributed by atoms with van der Waals surface area (Å²) in [5, 5.41) is 10.5. The SMILES string of the molecule is O=S(=O)(NCc1sccc1C#CCO)c1cc(Cl)sc1Cl. The minimum atomic E-state index is -3.73. The molecule has 0 aliphatic rings. The number of hydrogen-bond donors (Lipinski definition) is 2. The number of sulfonamides is 1. The van der Waals surface area contributed by atoms with Gasteiger partial charge in [0, 0.05) is 17.0 Å². The van der Waals surface area contributed by atoms with Crippen molar-refractivity contribution in [2.75, 3.05) is 6.61 Å². The van der Waals surface area contributed by atoms with Crippen LogP contribution >= 0.6 is 45.9 Å². The van der Waals surface area contributed by atoms with Gasteiger partial charge in [0.2, 0.25) is 10.0 Å². The molecule has 0 aliphatic heterocycles. The van der Waals surface area contributed by atoms with E-state index in [-0.39, 0.29) is 22.4 Å². The summed E-state index contributed by atoms with van der Waals surface area (Å²) in [5.41, 5.74) is 0.686. The minimum Gasteiger partial charge on any atom is -0.384 e. The summed E-state index contributed by atoms with van der Waals surface area (Å²) in [6, 6.07) is 3.09. The van der Waals surface area contributed by atoms with E-state index in [1.807, 2.05) is 0 Å². The zero-order chi connectivity index (χ0) is 15.5. The molecule has 0 radical (unpaired) electrons. The third kappa shape index (κ3) is 4.20. The second-order valence-electron chi connectivity index (χ2n) is 3.73. The monoisotopic (exact) mass is 381 g/mol. The van der Waals surface area contributed by atoms with E-state index in [2.05, 4.69) is 16.6 Å². The second-order valence-corrected chi connectivity index (χ2v) is 8.75. The third-order valence-corrected chi connectivity index (χ3v) is 6.46. The van der Waals surface area contributed by atoms with Crippen molar-refractivity contribution in [1.29, 1.82) is 0 Å². The maximum absolute atomic E-state index is 12.2. The molecule has 112 valence electrons. The van der Waals surface area contributed by atoms with Crippen LogP contribution < -0.4 is 4.72 Å². The molecule has 0 aromatic carbocycles. The minimum absolute atomic E-state index is 0.0290. The molecule has 9 heteroatoms. The Morgan fingerprint density at radius 3 is 2.76 bits per heavy atom. The van der Waals surface area contributed by atoms with E-state index in [0.29, 0.717) is 9.90 Å². The molecular weight excluding hydrogens is 373 g/mol. The van der Waals surface area contributed by atoms with Crippen LogP contribution in [-0.2, 0) is 16.6 Å². The first-order chi connectivity index (χ1) is 9.94. The Bertz CT molecular complexity index is 799. The fourth-order valence-corrected chi connectivity index (χ4v) is 5.47. The van der Waals surface area contributed by atoms with Gasteiger partial charge in [0.25, 0.3) is 0 Å². The van der Waals surface area contributed by atoms with Gasteiger partial charge in [-0.15, -0.1) is 22.7 Å². The molecule has 2 heterocycles. The molecule has 0 aliphatic carbocycles. The maximum atomic E-state index is 12.2. The van der Waals surface area contributed by atoms with Crippen LogP contribution in [0.25, 0.3) is 0 Å². The summed E-state index contributed by atoms with van der Waals surface area (Å²) in [7, 11) is -3.73. The van der Waals surface area contributed by atoms with E-state index in [1.54, 1.807) is 11.4 Å². The molecule has 2 N–H and O–H groups in total. The van der Waals surface area contributed by atoms with Crippen molar-refractivity contribution < 1.29 is 13.5 Å². The Kier molecular flexibility index (Phi) is 5.68. The van der Waals surface area contributed by atoms with E-state index >= 15 is 0 Å². The van der Waals surface area contributed by atoms with Crippen LogP contribution in [0.3, 0.4) is 0 Å². The van der Waals surface area contributed by atoms with Gasteiger partial charge in [-0.25, -0.2) is 13.1 Å². The van der Waals surface area contributed by atoms with Crippen LogP contribution in [0.1, 0.15) is 10.4 Å². The summed E-state index contributed by atoms with van der Waals surface area (Å²) in [4.78, 5) is 0.732. The molecule has 0 fully saturated rings. The van der Waals surface area contributed by atoms with Crippen LogP contribution in [0.5, 0.6) is 0 Å². The smallest absolute Gasteiger partial charge is 0.243 e. The standard InChI is InChI=1S/C12H9Cl2NO3S3/c13-11-6-10(12(14)20-11)21(17,18)15-7-9-8(2-1-4-16)3-5-19-9/h3,5-6,15-16H,4,7H2. The fourth-order valence-electron chi connectivity index (χ4n) is 1.47. The Hall–Kier alpha value is -0.590. The van der Waals surface area contributed by atoms with Gasteiger partial charge < -0.3 is 5.11 Å². The molecule has 0 bridgehead atoms. The lowest BCUT2D eigenvalue weighted by Crippen LogP contribution is -2.22. The van der Waals surface area contributed by atoms with Gasteiger partial charge in [-0.2, -0.15) is 0 Å². The first-order valence-electron chi connectivity index (χ1n) is 5.54. The van der Waals surface area contributed by atoms with E-state index in [9.17, 15) is 8.42 Å². The van der Waals surface area contributed by atoms with Gasteiger partial charge >= 0.3 is 0 Å². The van der Waals surface area contributed by atoms with Crippen LogP contribution in [-0.4, -0.2) is 20.1 Å². The number of halogens is 2. The summed E-state index contributed by atoms with van der Waals surface area (Å²) in [6.07, 6.45) is 0. The van der Waals surface area contributed by atoms with E-state index < -0.39 is 10.0 Å². The number of nitrogens with one attached hydrogen (secondary N) is 1. The van der Waals surface area contributed by atoms with E-state index in [1.165, 1.54) is 17.4 Å². The predicted molar refractivity (Wildman–Crippen MR) is 86.6 cm³/mol. The van der Waals surface area contributed by atoms with Crippen molar-refractivity contribution in [1.82, 2.24) is 4.72 Å². The number of rotatable bonds is 4. The highest BCUT2D eigenvalue weighted by molar-refractivity contribution is 7.89. The lowest BCUT2D eigenvalue weighted by molar-refractivity contribution is 0.350. The first-order valence-corrected chi connectivity index (χ1v) is 9.48. The lowest BCUT2D eigenvalue weighted by Gasteiger charge is -2.04. The van der Waals surface area contributed by atoms with E-state index in [0.717, 1.165) is 16.2 Å². The summed E-state index contributed by atoms with van der Waals surface area (Å²) in [5.74, 6) is 5.30. The normalized spacial score (nSPS) is 11.2. The zero-order valence-corrected chi connectivity index (χ0v) is 14.4. The molecule has 0 saturated carbocycles. The number of hydrogen-bond acceptors (Lipinski definition) is 5. The first kappa shape index (κ1) is 16.8. The van der Waals surface area contributed by atoms with Crippen LogP contribution in [0.4, 0.5) is 0 Å². The van der Waals surface area contributed by atoms with Crippen molar-refractivity contribution in [3.8, 4) is 11.8 Å². The van der Waals surface area contributed by atoms with Crippen LogP contribution in [0.15, 0.2) is 22.4 Å². The highest BCUT2D eigenvalue weighted by Gasteiger charge is 2.21. The molecule has 2 aromatic heterocycles. The van der Waals surface area contributed by atoms with Gasteiger partial charge in [0.15, 0.2) is 0 Å². The average molecular weight is 382 g/mol. The number of aliphatic hydroxyl groups excluding tert-OH is 1. The van der Waals surface area contributed by atoms with Crippen molar-refractivity contribution >= 4 is 55.9 Å². The summed E-state index contributed by atoms with van der Waals surface area (Å²) >= 11 is 14.0. The second kappa shape index (κ2) is 7.11. The number of aliphatic hydroxyl groups is 1. The van der Waals surface area contributed by atoms with Crippen molar-refractivity contribution in [2.45, 2.75) is 11.4 Å². The molecule has 0 saturated heterocycles. The highest BCUT2D eigenvalue weighted by atomic mass is 35.5. The maximum Gasteiger partial charge on any atom is 0.243 e. The van der Waals surface area contributed by atoms with Gasteiger partial charge in [-0.05, 0) is 17.5 Å². The molecule has 2 aromatic rings. The molecule has 4 nitrogen and oxygen atoms in total. The summed E-state index contributed by atoms with van der Waals surface area (Å²) in [6.45, 7) is -0.150. The molecule has 0 unspecified atom stereocenters. The molecular formula is C12H9Cl2NO3S3. The van der Waals surface area contributed by atoms with E-state index in [4.69, 9.17) is 28.3 Å². The van der Waals surface area contributed by atoms with Gasteiger partial charge in [0.05, 0.1) is 4.34 Å². The zero-order valence-electron chi connectivity index (χ0n) is 10.4. The van der Waals surface area contributed by atoms with Crippen molar-refractivity contribution in [3.63, 3.8) is 0 Å². The molecule has 2 rings (SSSR count). The molecule has 0 spiro atoms. The predicted octanol–water partition coefficient (Wildman–Crippen LogP) is 2.94. The van der Waals surface area contributed by atoms with Crippen molar-refractivity contribution in [3.05, 3.63) is 36.6 Å². The highest BCUT2D eigenvalue weighted by Crippen LogP contribution is 2.34. The van der Waals surface area contributed by atoms with Crippen LogP contribution in [0.2, 0.25) is 8.67 Å². The van der Waals surface area contributed by atoms with Crippen LogP contribution in [0, 0.1) is 11.8 Å². The average Bonchev–Trinajstić information content (AvgIpc) is 3.00. The largest absolute Gasteiger partial charge is 0.384 e. The Morgan fingerprint density at radius 2 is 2.14 bits per heavy atom. The van der Waals surface area contributed by atoms with Gasteiger partial charge in [-0.3, -0.25) is 0 Å². The molecule has 0 amide bonds. The van der Waals surface area contributed by atoms with Gasteiger partial charge in [-0.1, -0.05) is 35.0 Å².